The van der Waals surface area contributed by atoms with E-state index in [1.807, 2.05) is 6.92 Å². The average molecular weight is 224 g/mol. The molecule has 0 aliphatic heterocycles. The Hall–Kier alpha value is -0.530. The first-order valence-electron chi connectivity index (χ1n) is 6.66. The van der Waals surface area contributed by atoms with Gasteiger partial charge in [0.25, 0.3) is 0 Å². The van der Waals surface area contributed by atoms with Crippen LogP contribution in [0.25, 0.3) is 0 Å². The van der Waals surface area contributed by atoms with Crippen LogP contribution in [0.1, 0.15) is 59.8 Å². The number of hydrogen-bond acceptors (Lipinski definition) is 2. The third-order valence-electron chi connectivity index (χ3n) is 5.16. The number of carbonyl (C=O) groups excluding carboxylic acids is 1. The molecule has 92 valence electrons. The minimum absolute atomic E-state index is 0.00257. The van der Waals surface area contributed by atoms with Crippen LogP contribution in [-0.2, 0) is 9.53 Å². The van der Waals surface area contributed by atoms with E-state index in [1.165, 1.54) is 12.8 Å². The van der Waals surface area contributed by atoms with Crippen molar-refractivity contribution >= 4 is 5.97 Å². The van der Waals surface area contributed by atoms with Gasteiger partial charge in [-0.05, 0) is 37.5 Å². The van der Waals surface area contributed by atoms with Crippen LogP contribution in [0.3, 0.4) is 0 Å². The van der Waals surface area contributed by atoms with Gasteiger partial charge < -0.3 is 4.74 Å². The fraction of sp³-hybridized carbons (Fsp3) is 0.929. The first-order chi connectivity index (χ1) is 7.44. The molecule has 2 bridgehead atoms. The van der Waals surface area contributed by atoms with Gasteiger partial charge in [-0.2, -0.15) is 0 Å². The van der Waals surface area contributed by atoms with Gasteiger partial charge in [0.15, 0.2) is 0 Å². The van der Waals surface area contributed by atoms with E-state index >= 15 is 0 Å². The van der Waals surface area contributed by atoms with Crippen LogP contribution in [0, 0.1) is 17.3 Å². The predicted octanol–water partition coefficient (Wildman–Crippen LogP) is 3.54. The van der Waals surface area contributed by atoms with Gasteiger partial charge >= 0.3 is 5.97 Å². The van der Waals surface area contributed by atoms with Gasteiger partial charge in [-0.3, -0.25) is 4.79 Å². The minimum atomic E-state index is -0.151. The maximum Gasteiger partial charge on any atom is 0.306 e. The highest BCUT2D eigenvalue weighted by molar-refractivity contribution is 5.70. The fourth-order valence-corrected chi connectivity index (χ4v) is 3.81. The molecule has 3 aliphatic carbocycles. The lowest BCUT2D eigenvalue weighted by Gasteiger charge is -2.66. The standard InChI is InChI=1S/C14H24O2/c1-5-6-12(15)16-14-9-11(13(14,3)4)8-7-10(14)2/h10-11H,5-9H2,1-4H3. The third kappa shape index (κ3) is 1.42. The Morgan fingerprint density at radius 2 is 2.06 bits per heavy atom. The second-order valence-corrected chi connectivity index (χ2v) is 6.21. The van der Waals surface area contributed by atoms with E-state index < -0.39 is 0 Å². The van der Waals surface area contributed by atoms with Gasteiger partial charge in [0, 0.05) is 11.8 Å². The number of esters is 1. The number of hydrogen-bond donors (Lipinski definition) is 0. The van der Waals surface area contributed by atoms with Gasteiger partial charge in [-0.15, -0.1) is 0 Å². The zero-order valence-electron chi connectivity index (χ0n) is 11.0. The van der Waals surface area contributed by atoms with Crippen LogP contribution in [0.15, 0.2) is 0 Å². The fourth-order valence-electron chi connectivity index (χ4n) is 3.81. The van der Waals surface area contributed by atoms with E-state index in [0.29, 0.717) is 12.3 Å². The monoisotopic (exact) mass is 224 g/mol. The average Bonchev–Trinajstić information content (AvgIpc) is 2.20. The first-order valence-corrected chi connectivity index (χ1v) is 6.66. The second kappa shape index (κ2) is 3.75. The third-order valence-corrected chi connectivity index (χ3v) is 5.16. The zero-order valence-corrected chi connectivity index (χ0v) is 11.0. The molecule has 3 unspecified atom stereocenters. The van der Waals surface area contributed by atoms with E-state index in [0.717, 1.165) is 18.8 Å². The number of fused-ring (bicyclic) bond motifs is 2. The van der Waals surface area contributed by atoms with E-state index in [2.05, 4.69) is 20.8 Å². The largest absolute Gasteiger partial charge is 0.458 e. The van der Waals surface area contributed by atoms with Gasteiger partial charge in [0.2, 0.25) is 0 Å². The van der Waals surface area contributed by atoms with E-state index in [1.54, 1.807) is 0 Å². The van der Waals surface area contributed by atoms with Crippen molar-refractivity contribution in [2.75, 3.05) is 0 Å². The number of carbonyl (C=O) groups is 1. The van der Waals surface area contributed by atoms with Crippen molar-refractivity contribution in [2.45, 2.75) is 65.4 Å². The molecule has 0 spiro atoms. The molecule has 16 heavy (non-hydrogen) atoms. The van der Waals surface area contributed by atoms with E-state index in [-0.39, 0.29) is 17.0 Å². The maximum atomic E-state index is 11.8. The van der Waals surface area contributed by atoms with Crippen LogP contribution in [0.5, 0.6) is 0 Å². The number of ether oxygens (including phenoxy) is 1. The molecule has 3 aliphatic rings. The Morgan fingerprint density at radius 1 is 1.38 bits per heavy atom. The second-order valence-electron chi connectivity index (χ2n) is 6.21. The molecule has 2 nitrogen and oxygen atoms in total. The topological polar surface area (TPSA) is 26.3 Å². The summed E-state index contributed by atoms with van der Waals surface area (Å²) in [5.41, 5.74) is 0.0379. The summed E-state index contributed by atoms with van der Waals surface area (Å²) in [6.07, 6.45) is 5.06. The Labute approximate surface area is 98.7 Å². The van der Waals surface area contributed by atoms with Crippen molar-refractivity contribution < 1.29 is 9.53 Å². The van der Waals surface area contributed by atoms with Crippen molar-refractivity contribution in [1.82, 2.24) is 0 Å². The Bertz CT molecular complexity index is 295. The van der Waals surface area contributed by atoms with Crippen LogP contribution in [0.4, 0.5) is 0 Å². The van der Waals surface area contributed by atoms with E-state index in [9.17, 15) is 4.79 Å². The van der Waals surface area contributed by atoms with Crippen LogP contribution in [-0.4, -0.2) is 11.6 Å². The highest BCUT2D eigenvalue weighted by atomic mass is 16.6. The van der Waals surface area contributed by atoms with Gasteiger partial charge in [-0.25, -0.2) is 0 Å². The summed E-state index contributed by atoms with van der Waals surface area (Å²) < 4.78 is 5.87. The molecule has 0 N–H and O–H groups in total. The van der Waals surface area contributed by atoms with E-state index in [4.69, 9.17) is 4.74 Å². The molecule has 0 heterocycles. The molecule has 2 heteroatoms. The van der Waals surface area contributed by atoms with Crippen molar-refractivity contribution in [2.24, 2.45) is 17.3 Å². The molecule has 0 amide bonds. The molecule has 0 aromatic heterocycles. The molecule has 3 saturated carbocycles. The summed E-state index contributed by atoms with van der Waals surface area (Å²) in [6.45, 7) is 8.82. The molecule has 0 aromatic carbocycles. The summed E-state index contributed by atoms with van der Waals surface area (Å²) in [5, 5.41) is 0. The number of rotatable bonds is 3. The van der Waals surface area contributed by atoms with Crippen LogP contribution < -0.4 is 0 Å². The van der Waals surface area contributed by atoms with Gasteiger partial charge in [0.05, 0.1) is 0 Å². The molecule has 0 radical (unpaired) electrons. The summed E-state index contributed by atoms with van der Waals surface area (Å²) in [5.74, 6) is 1.29. The Kier molecular flexibility index (Phi) is 2.80. The quantitative estimate of drug-likeness (QED) is 0.685. The normalized spacial score (nSPS) is 40.0. The Morgan fingerprint density at radius 3 is 2.56 bits per heavy atom. The van der Waals surface area contributed by atoms with Crippen molar-refractivity contribution in [3.05, 3.63) is 0 Å². The summed E-state index contributed by atoms with van der Waals surface area (Å²) in [7, 11) is 0. The Balaban J connectivity index is 2.13. The van der Waals surface area contributed by atoms with Crippen LogP contribution >= 0.6 is 0 Å². The van der Waals surface area contributed by atoms with Crippen molar-refractivity contribution in [1.29, 1.82) is 0 Å². The van der Waals surface area contributed by atoms with Crippen molar-refractivity contribution in [3.8, 4) is 0 Å². The summed E-state index contributed by atoms with van der Waals surface area (Å²) in [6, 6.07) is 0. The lowest BCUT2D eigenvalue weighted by atomic mass is 9.42. The van der Waals surface area contributed by atoms with Crippen LogP contribution in [0.2, 0.25) is 0 Å². The molecule has 3 rings (SSSR count). The molecule has 0 saturated heterocycles. The molecular weight excluding hydrogens is 200 g/mol. The highest BCUT2D eigenvalue weighted by Crippen LogP contribution is 2.65. The lowest BCUT2D eigenvalue weighted by Crippen LogP contribution is -2.68. The summed E-state index contributed by atoms with van der Waals surface area (Å²) >= 11 is 0. The minimum Gasteiger partial charge on any atom is -0.458 e. The lowest BCUT2D eigenvalue weighted by molar-refractivity contribution is -0.267. The zero-order chi connectivity index (χ0) is 12.0. The SMILES string of the molecule is CCCC(=O)OC12CC(CCC1C)C2(C)C. The summed E-state index contributed by atoms with van der Waals surface area (Å²) in [4.78, 5) is 11.8. The predicted molar refractivity (Wildman–Crippen MR) is 64.0 cm³/mol. The maximum absolute atomic E-state index is 11.8. The first kappa shape index (κ1) is 11.9. The molecule has 3 atom stereocenters. The van der Waals surface area contributed by atoms with Gasteiger partial charge in [0.1, 0.15) is 5.60 Å². The van der Waals surface area contributed by atoms with Gasteiger partial charge in [-0.1, -0.05) is 27.7 Å². The molecule has 3 fully saturated rings. The highest BCUT2D eigenvalue weighted by Gasteiger charge is 2.67. The molecular formula is C14H24O2. The smallest absolute Gasteiger partial charge is 0.306 e. The molecule has 0 aromatic rings. The van der Waals surface area contributed by atoms with Crippen molar-refractivity contribution in [3.63, 3.8) is 0 Å².